The van der Waals surface area contributed by atoms with E-state index >= 15 is 0 Å². The molecule has 0 saturated carbocycles. The van der Waals surface area contributed by atoms with Gasteiger partial charge < -0.3 is 9.47 Å². The summed E-state index contributed by atoms with van der Waals surface area (Å²) >= 11 is 0. The molecule has 2 aromatic carbocycles. The van der Waals surface area contributed by atoms with E-state index in [-0.39, 0.29) is 12.4 Å². The minimum absolute atomic E-state index is 0.144. The van der Waals surface area contributed by atoms with E-state index in [1.165, 1.54) is 19.1 Å². The minimum Gasteiger partial charge on any atom is -0.471 e. The number of aryl methyl sites for hydroxylation is 1. The Morgan fingerprint density at radius 3 is 2.20 bits per heavy atom. The van der Waals surface area contributed by atoms with Crippen LogP contribution in [0, 0.1) is 6.92 Å². The van der Waals surface area contributed by atoms with Crippen LogP contribution in [0.3, 0.4) is 0 Å². The second-order valence-electron chi connectivity index (χ2n) is 5.75. The van der Waals surface area contributed by atoms with Crippen LogP contribution < -0.4 is 4.74 Å². The molecule has 3 nitrogen and oxygen atoms in total. The van der Waals surface area contributed by atoms with E-state index in [9.17, 15) is 18.0 Å². The van der Waals surface area contributed by atoms with Gasteiger partial charge in [0.2, 0.25) is 5.60 Å². The predicted octanol–water partition coefficient (Wildman–Crippen LogP) is 4.87. The second kappa shape index (κ2) is 7.17. The number of ether oxygens (including phenoxy) is 2. The molecule has 6 heteroatoms. The van der Waals surface area contributed by atoms with Crippen molar-refractivity contribution in [2.24, 2.45) is 0 Å². The largest absolute Gasteiger partial charge is 0.471 e. The van der Waals surface area contributed by atoms with Crippen LogP contribution in [0.2, 0.25) is 0 Å². The molecule has 1 unspecified atom stereocenters. The van der Waals surface area contributed by atoms with Crippen molar-refractivity contribution in [2.75, 3.05) is 6.61 Å². The van der Waals surface area contributed by atoms with E-state index in [1.807, 2.05) is 13.0 Å². The van der Waals surface area contributed by atoms with Crippen molar-refractivity contribution >= 4 is 5.97 Å². The lowest BCUT2D eigenvalue weighted by Crippen LogP contribution is -2.40. The number of hydrogen-bond acceptors (Lipinski definition) is 3. The molecule has 25 heavy (non-hydrogen) atoms. The Morgan fingerprint density at radius 2 is 1.68 bits per heavy atom. The summed E-state index contributed by atoms with van der Waals surface area (Å²) in [7, 11) is 0. The normalized spacial score (nSPS) is 13.8. The maximum atomic E-state index is 12.7. The number of carbonyl (C=O) groups excluding carboxylic acids is 1. The molecule has 0 heterocycles. The fraction of sp³-hybridized carbons (Fsp3) is 0.316. The number of hydrogen-bond donors (Lipinski definition) is 0. The van der Waals surface area contributed by atoms with E-state index in [0.717, 1.165) is 17.7 Å². The highest BCUT2D eigenvalue weighted by Gasteiger charge is 2.40. The monoisotopic (exact) mass is 352 g/mol. The van der Waals surface area contributed by atoms with Crippen LogP contribution in [0.4, 0.5) is 13.2 Å². The number of rotatable bonds is 5. The first-order valence-corrected chi connectivity index (χ1v) is 7.77. The van der Waals surface area contributed by atoms with Gasteiger partial charge in [0.25, 0.3) is 0 Å². The van der Waals surface area contributed by atoms with Crippen LogP contribution in [0.1, 0.15) is 30.5 Å². The van der Waals surface area contributed by atoms with Gasteiger partial charge in [0.05, 0.1) is 12.2 Å². The number of esters is 1. The zero-order valence-corrected chi connectivity index (χ0v) is 14.2. The molecule has 134 valence electrons. The van der Waals surface area contributed by atoms with Crippen LogP contribution in [0.25, 0.3) is 0 Å². The maximum Gasteiger partial charge on any atom is 0.416 e. The summed E-state index contributed by atoms with van der Waals surface area (Å²) in [6, 6.07) is 11.3. The molecule has 0 aliphatic carbocycles. The van der Waals surface area contributed by atoms with Gasteiger partial charge in [-0.3, -0.25) is 0 Å². The van der Waals surface area contributed by atoms with Gasteiger partial charge in [-0.15, -0.1) is 0 Å². The van der Waals surface area contributed by atoms with E-state index in [1.54, 1.807) is 25.1 Å². The van der Waals surface area contributed by atoms with Gasteiger partial charge in [-0.05, 0) is 45.0 Å². The zero-order chi connectivity index (χ0) is 18.7. The van der Waals surface area contributed by atoms with E-state index in [2.05, 4.69) is 0 Å². The number of alkyl halides is 3. The third kappa shape index (κ3) is 4.32. The first-order valence-electron chi connectivity index (χ1n) is 7.77. The summed E-state index contributed by atoms with van der Waals surface area (Å²) in [5.74, 6) is -0.467. The van der Waals surface area contributed by atoms with Crippen molar-refractivity contribution in [3.05, 3.63) is 65.2 Å². The fourth-order valence-electron chi connectivity index (χ4n) is 2.38. The summed E-state index contributed by atoms with van der Waals surface area (Å²) in [5.41, 5.74) is -0.773. The molecule has 0 fully saturated rings. The molecule has 0 saturated heterocycles. The molecule has 0 aliphatic rings. The molecular weight excluding hydrogens is 333 g/mol. The predicted molar refractivity (Wildman–Crippen MR) is 87.2 cm³/mol. The third-order valence-electron chi connectivity index (χ3n) is 3.74. The Bertz CT molecular complexity index is 738. The van der Waals surface area contributed by atoms with Crippen molar-refractivity contribution in [1.29, 1.82) is 0 Å². The van der Waals surface area contributed by atoms with Crippen LogP contribution >= 0.6 is 0 Å². The number of benzene rings is 2. The topological polar surface area (TPSA) is 35.5 Å². The summed E-state index contributed by atoms with van der Waals surface area (Å²) in [4.78, 5) is 12.5. The van der Waals surface area contributed by atoms with Gasteiger partial charge in [0.15, 0.2) is 0 Å². The molecule has 0 radical (unpaired) electrons. The van der Waals surface area contributed by atoms with Gasteiger partial charge in [0, 0.05) is 5.56 Å². The quantitative estimate of drug-likeness (QED) is 0.720. The van der Waals surface area contributed by atoms with Gasteiger partial charge in [-0.2, -0.15) is 13.2 Å². The Kier molecular flexibility index (Phi) is 5.40. The van der Waals surface area contributed by atoms with E-state index in [4.69, 9.17) is 9.47 Å². The molecule has 0 aliphatic heterocycles. The second-order valence-corrected chi connectivity index (χ2v) is 5.75. The summed E-state index contributed by atoms with van der Waals surface area (Å²) < 4.78 is 48.9. The van der Waals surface area contributed by atoms with Crippen LogP contribution in [0.5, 0.6) is 5.75 Å². The summed E-state index contributed by atoms with van der Waals surface area (Å²) in [5, 5.41) is 0. The van der Waals surface area contributed by atoms with Crippen molar-refractivity contribution in [3.63, 3.8) is 0 Å². The highest BCUT2D eigenvalue weighted by molar-refractivity contribution is 5.81. The minimum atomic E-state index is -4.43. The van der Waals surface area contributed by atoms with Gasteiger partial charge in [-0.25, -0.2) is 4.79 Å². The van der Waals surface area contributed by atoms with Crippen LogP contribution in [-0.4, -0.2) is 12.6 Å². The molecule has 0 aromatic heterocycles. The lowest BCUT2D eigenvalue weighted by atomic mass is 9.94. The third-order valence-corrected chi connectivity index (χ3v) is 3.74. The lowest BCUT2D eigenvalue weighted by Gasteiger charge is -2.29. The van der Waals surface area contributed by atoms with Crippen LogP contribution in [0.15, 0.2) is 48.5 Å². The highest BCUT2D eigenvalue weighted by Crippen LogP contribution is 2.33. The smallest absolute Gasteiger partial charge is 0.416 e. The lowest BCUT2D eigenvalue weighted by molar-refractivity contribution is -0.161. The Hall–Kier alpha value is -2.50. The fourth-order valence-corrected chi connectivity index (χ4v) is 2.38. The maximum absolute atomic E-state index is 12.7. The average Bonchev–Trinajstić information content (AvgIpc) is 2.54. The van der Waals surface area contributed by atoms with Crippen molar-refractivity contribution in [3.8, 4) is 5.75 Å². The molecule has 1 atom stereocenters. The van der Waals surface area contributed by atoms with Gasteiger partial charge in [0.1, 0.15) is 5.75 Å². The first-order chi connectivity index (χ1) is 11.7. The highest BCUT2D eigenvalue weighted by atomic mass is 19.4. The van der Waals surface area contributed by atoms with E-state index in [0.29, 0.717) is 5.56 Å². The molecule has 0 amide bonds. The van der Waals surface area contributed by atoms with Crippen molar-refractivity contribution in [2.45, 2.75) is 32.5 Å². The van der Waals surface area contributed by atoms with Crippen molar-refractivity contribution < 1.29 is 27.4 Å². The molecule has 2 rings (SSSR count). The molecular formula is C19H19F3O3. The summed E-state index contributed by atoms with van der Waals surface area (Å²) in [6.45, 7) is 5.24. The molecule has 0 spiro atoms. The number of carbonyl (C=O) groups is 1. The molecule has 0 N–H and O–H groups in total. The average molecular weight is 352 g/mol. The zero-order valence-electron chi connectivity index (χ0n) is 14.2. The number of halogens is 3. The SMILES string of the molecule is CCOC(=O)C(C)(Oc1ccc(C(F)(F)F)cc1)c1cccc(C)c1. The Balaban J connectivity index is 2.38. The van der Waals surface area contributed by atoms with Gasteiger partial charge in [-0.1, -0.05) is 29.8 Å². The van der Waals surface area contributed by atoms with E-state index < -0.39 is 23.3 Å². The first kappa shape index (κ1) is 18.8. The summed E-state index contributed by atoms with van der Waals surface area (Å²) in [6.07, 6.45) is -4.43. The standard InChI is InChI=1S/C19H19F3O3/c1-4-24-17(23)18(3,15-7-5-6-13(2)12-15)25-16-10-8-14(9-11-16)19(20,21)22/h5-12H,4H2,1-3H3. The Morgan fingerprint density at radius 1 is 1.04 bits per heavy atom. The van der Waals surface area contributed by atoms with Crippen LogP contribution in [-0.2, 0) is 21.3 Å². The molecule has 0 bridgehead atoms. The molecule has 2 aromatic rings. The Labute approximate surface area is 144 Å². The van der Waals surface area contributed by atoms with Crippen molar-refractivity contribution in [1.82, 2.24) is 0 Å². The van der Waals surface area contributed by atoms with Gasteiger partial charge >= 0.3 is 12.1 Å².